The van der Waals surface area contributed by atoms with Gasteiger partial charge in [-0.05, 0) is 57.9 Å². The summed E-state index contributed by atoms with van der Waals surface area (Å²) in [5.74, 6) is -0.109. The molecule has 0 atom stereocenters. The largest absolute Gasteiger partial charge is 0.466 e. The van der Waals surface area contributed by atoms with E-state index in [4.69, 9.17) is 4.74 Å². The Morgan fingerprint density at radius 1 is 1.04 bits per heavy atom. The predicted octanol–water partition coefficient (Wildman–Crippen LogP) is 4.60. The Hall–Kier alpha value is -2.10. The number of ether oxygens (including phenoxy) is 1. The molecular formula is C23H33NO3. The van der Waals surface area contributed by atoms with Gasteiger partial charge in [0.15, 0.2) is 0 Å². The quantitative estimate of drug-likeness (QED) is 0.446. The van der Waals surface area contributed by atoms with Gasteiger partial charge in [0.05, 0.1) is 13.0 Å². The Balaban J connectivity index is 1.89. The molecule has 0 aliphatic heterocycles. The molecule has 148 valence electrons. The van der Waals surface area contributed by atoms with E-state index in [2.05, 4.69) is 37.3 Å². The lowest BCUT2D eigenvalue weighted by atomic mass is 9.97. The van der Waals surface area contributed by atoms with Crippen molar-refractivity contribution in [2.45, 2.75) is 65.2 Å². The van der Waals surface area contributed by atoms with Crippen LogP contribution in [0.15, 0.2) is 35.9 Å². The Labute approximate surface area is 163 Å². The Morgan fingerprint density at radius 2 is 1.81 bits per heavy atom. The zero-order chi connectivity index (χ0) is 19.5. The van der Waals surface area contributed by atoms with E-state index in [1.165, 1.54) is 29.5 Å². The highest BCUT2D eigenvalue weighted by atomic mass is 16.5. The smallest absolute Gasteiger partial charge is 0.307 e. The van der Waals surface area contributed by atoms with Crippen molar-refractivity contribution >= 4 is 11.9 Å². The van der Waals surface area contributed by atoms with Gasteiger partial charge in [-0.1, -0.05) is 41.5 Å². The minimum absolute atomic E-state index is 0.122. The Morgan fingerprint density at radius 3 is 2.48 bits per heavy atom. The van der Waals surface area contributed by atoms with Gasteiger partial charge in [-0.25, -0.2) is 0 Å². The molecule has 4 heteroatoms. The topological polar surface area (TPSA) is 46.6 Å². The second-order valence-electron chi connectivity index (χ2n) is 7.28. The molecule has 1 aromatic rings. The molecule has 0 radical (unpaired) electrons. The van der Waals surface area contributed by atoms with E-state index >= 15 is 0 Å². The van der Waals surface area contributed by atoms with E-state index < -0.39 is 0 Å². The lowest BCUT2D eigenvalue weighted by molar-refractivity contribution is -0.144. The summed E-state index contributed by atoms with van der Waals surface area (Å²) in [5, 5.41) is 0. The normalized spacial score (nSPS) is 13.8. The summed E-state index contributed by atoms with van der Waals surface area (Å²) < 4.78 is 5.02. The second-order valence-corrected chi connectivity index (χ2v) is 7.28. The predicted molar refractivity (Wildman–Crippen MR) is 108 cm³/mol. The zero-order valence-electron chi connectivity index (χ0n) is 16.8. The monoisotopic (exact) mass is 371 g/mol. The summed E-state index contributed by atoms with van der Waals surface area (Å²) in [6, 6.07) is 8.32. The first-order chi connectivity index (χ1) is 13.1. The number of hydrogen-bond donors (Lipinski definition) is 0. The van der Waals surface area contributed by atoms with Crippen molar-refractivity contribution in [1.29, 1.82) is 0 Å². The first-order valence-electron chi connectivity index (χ1n) is 10.3. The van der Waals surface area contributed by atoms with Crippen LogP contribution in [-0.4, -0.2) is 36.5 Å². The van der Waals surface area contributed by atoms with Crippen molar-refractivity contribution in [1.82, 2.24) is 4.90 Å². The van der Waals surface area contributed by atoms with Gasteiger partial charge in [0.2, 0.25) is 5.91 Å². The third kappa shape index (κ3) is 7.98. The fourth-order valence-corrected chi connectivity index (χ4v) is 3.40. The van der Waals surface area contributed by atoms with Gasteiger partial charge in [-0.2, -0.15) is 0 Å². The third-order valence-corrected chi connectivity index (χ3v) is 5.08. The summed E-state index contributed by atoms with van der Waals surface area (Å²) in [6.45, 7) is 5.38. The molecule has 0 heterocycles. The summed E-state index contributed by atoms with van der Waals surface area (Å²) in [5.41, 5.74) is 3.85. The van der Waals surface area contributed by atoms with Crippen molar-refractivity contribution in [3.05, 3.63) is 47.0 Å². The van der Waals surface area contributed by atoms with Crippen molar-refractivity contribution < 1.29 is 14.3 Å². The highest BCUT2D eigenvalue weighted by Crippen LogP contribution is 2.20. The summed E-state index contributed by atoms with van der Waals surface area (Å²) in [7, 11) is 0. The third-order valence-electron chi connectivity index (χ3n) is 5.08. The number of allylic oxidation sites excluding steroid dienone is 1. The van der Waals surface area contributed by atoms with Crippen LogP contribution in [0.3, 0.4) is 0 Å². The molecule has 0 unspecified atom stereocenters. The van der Waals surface area contributed by atoms with E-state index in [9.17, 15) is 9.59 Å². The molecule has 1 amide bonds. The number of benzene rings is 1. The Kier molecular flexibility index (Phi) is 9.09. The number of esters is 1. The summed E-state index contributed by atoms with van der Waals surface area (Å²) in [6.07, 6.45) is 9.53. The van der Waals surface area contributed by atoms with Crippen LogP contribution in [0.5, 0.6) is 0 Å². The minimum Gasteiger partial charge on any atom is -0.466 e. The SMILES string of the molecule is CCOC(=O)CCN(CCC1=CCCCC1)C(=O)CCc1ccc(C)cc1. The average molecular weight is 372 g/mol. The highest BCUT2D eigenvalue weighted by molar-refractivity contribution is 5.77. The number of carbonyl (C=O) groups excluding carboxylic acids is 2. The molecule has 1 aliphatic rings. The van der Waals surface area contributed by atoms with Gasteiger partial charge in [-0.3, -0.25) is 9.59 Å². The number of amides is 1. The zero-order valence-corrected chi connectivity index (χ0v) is 16.8. The van der Waals surface area contributed by atoms with E-state index in [0.717, 1.165) is 25.7 Å². The van der Waals surface area contributed by atoms with E-state index in [-0.39, 0.29) is 18.3 Å². The molecule has 1 aliphatic carbocycles. The molecule has 0 aromatic heterocycles. The number of rotatable bonds is 10. The van der Waals surface area contributed by atoms with Crippen molar-refractivity contribution in [3.63, 3.8) is 0 Å². The van der Waals surface area contributed by atoms with E-state index in [1.54, 1.807) is 6.92 Å². The fraction of sp³-hybridized carbons (Fsp3) is 0.565. The maximum Gasteiger partial charge on any atom is 0.307 e. The summed E-state index contributed by atoms with van der Waals surface area (Å²) >= 11 is 0. The van der Waals surface area contributed by atoms with Gasteiger partial charge in [-0.15, -0.1) is 0 Å². The first kappa shape index (κ1) is 21.2. The number of nitrogens with zero attached hydrogens (tertiary/aromatic N) is 1. The van der Waals surface area contributed by atoms with Gasteiger partial charge in [0.25, 0.3) is 0 Å². The first-order valence-corrected chi connectivity index (χ1v) is 10.3. The van der Waals surface area contributed by atoms with Crippen molar-refractivity contribution in [2.75, 3.05) is 19.7 Å². The van der Waals surface area contributed by atoms with E-state index in [1.807, 2.05) is 4.90 Å². The fourth-order valence-electron chi connectivity index (χ4n) is 3.40. The molecule has 0 fully saturated rings. The maximum absolute atomic E-state index is 12.8. The Bertz CT molecular complexity index is 634. The molecule has 0 saturated heterocycles. The van der Waals surface area contributed by atoms with Crippen LogP contribution in [0.4, 0.5) is 0 Å². The van der Waals surface area contributed by atoms with Crippen LogP contribution in [0.25, 0.3) is 0 Å². The molecule has 1 aromatic carbocycles. The lowest BCUT2D eigenvalue weighted by Crippen LogP contribution is -2.34. The molecule has 2 rings (SSSR count). The lowest BCUT2D eigenvalue weighted by Gasteiger charge is -2.24. The van der Waals surface area contributed by atoms with Gasteiger partial charge in [0.1, 0.15) is 0 Å². The molecule has 4 nitrogen and oxygen atoms in total. The van der Waals surface area contributed by atoms with Crippen LogP contribution in [0.1, 0.15) is 63.0 Å². The summed E-state index contributed by atoms with van der Waals surface area (Å²) in [4.78, 5) is 26.3. The number of carbonyl (C=O) groups is 2. The number of hydrogen-bond acceptors (Lipinski definition) is 3. The van der Waals surface area contributed by atoms with Crippen LogP contribution >= 0.6 is 0 Å². The standard InChI is InChI=1S/C23H33NO3/c1-3-27-23(26)16-18-24(17-15-20-7-5-4-6-8-20)22(25)14-13-21-11-9-19(2)10-12-21/h7,9-12H,3-6,8,13-18H2,1-2H3. The highest BCUT2D eigenvalue weighted by Gasteiger charge is 2.16. The molecule has 0 spiro atoms. The molecule has 0 bridgehead atoms. The maximum atomic E-state index is 12.8. The van der Waals surface area contributed by atoms with Gasteiger partial charge in [0, 0.05) is 19.5 Å². The van der Waals surface area contributed by atoms with Gasteiger partial charge < -0.3 is 9.64 Å². The van der Waals surface area contributed by atoms with Crippen LogP contribution in [0, 0.1) is 6.92 Å². The molecule has 27 heavy (non-hydrogen) atoms. The van der Waals surface area contributed by atoms with Crippen LogP contribution in [-0.2, 0) is 20.7 Å². The minimum atomic E-state index is -0.231. The van der Waals surface area contributed by atoms with Crippen molar-refractivity contribution in [3.8, 4) is 0 Å². The van der Waals surface area contributed by atoms with Crippen LogP contribution < -0.4 is 0 Å². The van der Waals surface area contributed by atoms with E-state index in [0.29, 0.717) is 26.1 Å². The average Bonchev–Trinajstić information content (AvgIpc) is 2.68. The van der Waals surface area contributed by atoms with Gasteiger partial charge >= 0.3 is 5.97 Å². The molecule has 0 N–H and O–H groups in total. The molecule has 0 saturated carbocycles. The number of aryl methyl sites for hydroxylation is 2. The second kappa shape index (κ2) is 11.6. The van der Waals surface area contributed by atoms with Crippen LogP contribution in [0.2, 0.25) is 0 Å². The molecular weight excluding hydrogens is 338 g/mol. The van der Waals surface area contributed by atoms with Crippen molar-refractivity contribution in [2.24, 2.45) is 0 Å².